The van der Waals surface area contributed by atoms with Gasteiger partial charge in [0.05, 0.1) is 6.61 Å². The Morgan fingerprint density at radius 3 is 2.15 bits per heavy atom. The molecule has 1 aromatic carbocycles. The molecule has 0 spiro atoms. The first kappa shape index (κ1) is 19.2. The highest BCUT2D eigenvalue weighted by Gasteiger charge is 2.30. The van der Waals surface area contributed by atoms with Gasteiger partial charge in [0.15, 0.2) is 0 Å². The third-order valence-electron chi connectivity index (χ3n) is 5.15. The summed E-state index contributed by atoms with van der Waals surface area (Å²) >= 11 is 0. The molecular weight excluding hydrogens is 348 g/mol. The van der Waals surface area contributed by atoms with Crippen molar-refractivity contribution in [2.75, 3.05) is 32.8 Å². The quantitative estimate of drug-likeness (QED) is 0.598. The fraction of sp³-hybridized carbons (Fsp3) is 0.550. The molecule has 0 unspecified atom stereocenters. The average Bonchev–Trinajstić information content (AvgIpc) is 3.22. The van der Waals surface area contributed by atoms with Crippen molar-refractivity contribution >= 4 is 18.0 Å². The molecule has 1 saturated carbocycles. The Balaban J connectivity index is 1.51. The standard InChI is InChI=1S/C20H26N2O5/c1-2-26-20(25)27-17-9-7-16(8-10-17)19(24)22-13-11-21(12-14-22)18(23)15-5-3-4-6-15/h7-10,15H,2-6,11-14H2,1H3. The molecule has 0 atom stereocenters. The van der Waals surface area contributed by atoms with Crippen molar-refractivity contribution in [2.24, 2.45) is 5.92 Å². The summed E-state index contributed by atoms with van der Waals surface area (Å²) in [7, 11) is 0. The number of benzene rings is 1. The maximum absolute atomic E-state index is 12.7. The van der Waals surface area contributed by atoms with Crippen molar-refractivity contribution in [3.8, 4) is 5.75 Å². The molecule has 146 valence electrons. The van der Waals surface area contributed by atoms with Gasteiger partial charge in [-0.1, -0.05) is 12.8 Å². The van der Waals surface area contributed by atoms with Crippen molar-refractivity contribution in [1.29, 1.82) is 0 Å². The third-order valence-corrected chi connectivity index (χ3v) is 5.15. The Morgan fingerprint density at radius 2 is 1.56 bits per heavy atom. The van der Waals surface area contributed by atoms with Gasteiger partial charge in [-0.3, -0.25) is 9.59 Å². The summed E-state index contributed by atoms with van der Waals surface area (Å²) < 4.78 is 9.71. The number of ether oxygens (including phenoxy) is 2. The van der Waals surface area contributed by atoms with E-state index in [-0.39, 0.29) is 24.3 Å². The molecule has 1 aliphatic carbocycles. The minimum atomic E-state index is -0.764. The summed E-state index contributed by atoms with van der Waals surface area (Å²) in [5, 5.41) is 0. The molecule has 27 heavy (non-hydrogen) atoms. The SMILES string of the molecule is CCOC(=O)Oc1ccc(C(=O)N2CCN(C(=O)C3CCCC3)CC2)cc1. The first-order valence-electron chi connectivity index (χ1n) is 9.61. The largest absolute Gasteiger partial charge is 0.513 e. The lowest BCUT2D eigenvalue weighted by Crippen LogP contribution is -2.51. The molecule has 2 amide bonds. The van der Waals surface area contributed by atoms with Crippen LogP contribution in [0.2, 0.25) is 0 Å². The highest BCUT2D eigenvalue weighted by molar-refractivity contribution is 5.94. The van der Waals surface area contributed by atoms with Crippen LogP contribution in [0, 0.1) is 5.92 Å². The molecule has 1 aliphatic heterocycles. The van der Waals surface area contributed by atoms with Gasteiger partial charge >= 0.3 is 6.16 Å². The Labute approximate surface area is 159 Å². The minimum Gasteiger partial charge on any atom is -0.434 e. The zero-order chi connectivity index (χ0) is 19.2. The molecule has 7 heteroatoms. The van der Waals surface area contributed by atoms with E-state index in [1.807, 2.05) is 4.90 Å². The Bertz CT molecular complexity index is 674. The van der Waals surface area contributed by atoms with Crippen molar-refractivity contribution in [1.82, 2.24) is 9.80 Å². The van der Waals surface area contributed by atoms with Crippen LogP contribution in [0.4, 0.5) is 4.79 Å². The molecule has 0 radical (unpaired) electrons. The number of piperazine rings is 1. The predicted molar refractivity (Wildman–Crippen MR) is 98.5 cm³/mol. The van der Waals surface area contributed by atoms with Gasteiger partial charge in [0.25, 0.3) is 5.91 Å². The summed E-state index contributed by atoms with van der Waals surface area (Å²) in [6.45, 7) is 4.20. The van der Waals surface area contributed by atoms with E-state index in [0.717, 1.165) is 25.7 Å². The number of carbonyl (C=O) groups is 3. The van der Waals surface area contributed by atoms with Crippen LogP contribution >= 0.6 is 0 Å². The molecule has 0 bridgehead atoms. The van der Waals surface area contributed by atoms with Gasteiger partial charge in [0.1, 0.15) is 5.75 Å². The first-order chi connectivity index (χ1) is 13.1. The third kappa shape index (κ3) is 4.78. The summed E-state index contributed by atoms with van der Waals surface area (Å²) in [6.07, 6.45) is 3.52. The maximum Gasteiger partial charge on any atom is 0.513 e. The van der Waals surface area contributed by atoms with Crippen molar-refractivity contribution in [2.45, 2.75) is 32.6 Å². The average molecular weight is 374 g/mol. The molecule has 0 N–H and O–H groups in total. The number of nitrogens with zero attached hydrogens (tertiary/aromatic N) is 2. The molecule has 7 nitrogen and oxygen atoms in total. The van der Waals surface area contributed by atoms with Gasteiger partial charge < -0.3 is 19.3 Å². The fourth-order valence-electron chi connectivity index (χ4n) is 3.65. The van der Waals surface area contributed by atoms with E-state index in [2.05, 4.69) is 0 Å². The van der Waals surface area contributed by atoms with Crippen molar-refractivity contribution in [3.63, 3.8) is 0 Å². The van der Waals surface area contributed by atoms with Gasteiger partial charge in [-0.15, -0.1) is 0 Å². The fourth-order valence-corrected chi connectivity index (χ4v) is 3.65. The molecule has 1 heterocycles. The minimum absolute atomic E-state index is 0.0781. The normalized spacial score (nSPS) is 17.7. The highest BCUT2D eigenvalue weighted by Crippen LogP contribution is 2.27. The lowest BCUT2D eigenvalue weighted by atomic mass is 10.1. The highest BCUT2D eigenvalue weighted by atomic mass is 16.7. The molecule has 0 aromatic heterocycles. The van der Waals surface area contributed by atoms with Crippen LogP contribution in [-0.2, 0) is 9.53 Å². The van der Waals surface area contributed by atoms with Crippen LogP contribution in [-0.4, -0.2) is 60.6 Å². The van der Waals surface area contributed by atoms with Gasteiger partial charge in [0.2, 0.25) is 5.91 Å². The van der Waals surface area contributed by atoms with Gasteiger partial charge in [-0.05, 0) is 44.0 Å². The topological polar surface area (TPSA) is 76.2 Å². The second-order valence-electron chi connectivity index (χ2n) is 6.91. The van der Waals surface area contributed by atoms with E-state index < -0.39 is 6.16 Å². The van der Waals surface area contributed by atoms with E-state index in [0.29, 0.717) is 37.5 Å². The lowest BCUT2D eigenvalue weighted by molar-refractivity contribution is -0.136. The van der Waals surface area contributed by atoms with Gasteiger partial charge in [0, 0.05) is 37.7 Å². The second kappa shape index (κ2) is 8.88. The molecule has 1 saturated heterocycles. The van der Waals surface area contributed by atoms with Crippen molar-refractivity contribution in [3.05, 3.63) is 29.8 Å². The molecule has 1 aromatic rings. The number of hydrogen-bond donors (Lipinski definition) is 0. The van der Waals surface area contributed by atoms with E-state index in [1.54, 1.807) is 36.1 Å². The summed E-state index contributed by atoms with van der Waals surface area (Å²) in [4.78, 5) is 40.1. The molecule has 2 fully saturated rings. The Hall–Kier alpha value is -2.57. The zero-order valence-electron chi connectivity index (χ0n) is 15.7. The van der Waals surface area contributed by atoms with E-state index in [4.69, 9.17) is 9.47 Å². The summed E-state index contributed by atoms with van der Waals surface area (Å²) in [5.41, 5.74) is 0.529. The van der Waals surface area contributed by atoms with Crippen LogP contribution in [0.3, 0.4) is 0 Å². The lowest BCUT2D eigenvalue weighted by Gasteiger charge is -2.36. The van der Waals surface area contributed by atoms with Crippen LogP contribution < -0.4 is 4.74 Å². The maximum atomic E-state index is 12.7. The van der Waals surface area contributed by atoms with Crippen LogP contribution in [0.25, 0.3) is 0 Å². The van der Waals surface area contributed by atoms with Crippen LogP contribution in [0.1, 0.15) is 43.0 Å². The number of carbonyl (C=O) groups excluding carboxylic acids is 3. The Morgan fingerprint density at radius 1 is 0.963 bits per heavy atom. The van der Waals surface area contributed by atoms with E-state index >= 15 is 0 Å². The number of amides is 2. The van der Waals surface area contributed by atoms with Gasteiger partial charge in [-0.2, -0.15) is 0 Å². The number of hydrogen-bond acceptors (Lipinski definition) is 5. The summed E-state index contributed by atoms with van der Waals surface area (Å²) in [5.74, 6) is 0.682. The Kier molecular flexibility index (Phi) is 6.32. The van der Waals surface area contributed by atoms with Crippen LogP contribution in [0.15, 0.2) is 24.3 Å². The number of rotatable bonds is 4. The van der Waals surface area contributed by atoms with E-state index in [9.17, 15) is 14.4 Å². The monoisotopic (exact) mass is 374 g/mol. The van der Waals surface area contributed by atoms with E-state index in [1.165, 1.54) is 0 Å². The first-order valence-corrected chi connectivity index (χ1v) is 9.61. The second-order valence-corrected chi connectivity index (χ2v) is 6.91. The molecule has 2 aliphatic rings. The van der Waals surface area contributed by atoms with Gasteiger partial charge in [-0.25, -0.2) is 4.79 Å². The van der Waals surface area contributed by atoms with Crippen molar-refractivity contribution < 1.29 is 23.9 Å². The zero-order valence-corrected chi connectivity index (χ0v) is 15.7. The summed E-state index contributed by atoms with van der Waals surface area (Å²) in [6, 6.07) is 6.41. The molecular formula is C20H26N2O5. The van der Waals surface area contributed by atoms with Crippen LogP contribution in [0.5, 0.6) is 5.75 Å². The predicted octanol–water partition coefficient (Wildman–Crippen LogP) is 2.70. The smallest absolute Gasteiger partial charge is 0.434 e. The molecule has 3 rings (SSSR count).